The Balaban J connectivity index is 1.45. The summed E-state index contributed by atoms with van der Waals surface area (Å²) < 4.78 is 17.0. The lowest BCUT2D eigenvalue weighted by atomic mass is 10.2. The maximum Gasteiger partial charge on any atom is 0.251 e. The molecule has 6 heteroatoms. The van der Waals surface area contributed by atoms with E-state index in [0.29, 0.717) is 30.2 Å². The van der Waals surface area contributed by atoms with E-state index in [1.165, 1.54) is 0 Å². The summed E-state index contributed by atoms with van der Waals surface area (Å²) >= 11 is 3.33. The van der Waals surface area contributed by atoms with Crippen LogP contribution in [-0.2, 0) is 0 Å². The van der Waals surface area contributed by atoms with Gasteiger partial charge in [-0.15, -0.1) is 0 Å². The Bertz CT molecular complexity index is 672. The van der Waals surface area contributed by atoms with Crippen LogP contribution >= 0.6 is 15.9 Å². The fraction of sp³-hybridized carbons (Fsp3) is 0.188. The molecule has 0 radical (unpaired) electrons. The van der Waals surface area contributed by atoms with Gasteiger partial charge in [-0.25, -0.2) is 0 Å². The van der Waals surface area contributed by atoms with Gasteiger partial charge in [0.05, 0.1) is 6.54 Å². The van der Waals surface area contributed by atoms with E-state index in [-0.39, 0.29) is 12.7 Å². The zero-order valence-electron chi connectivity index (χ0n) is 11.7. The van der Waals surface area contributed by atoms with Crippen molar-refractivity contribution in [1.82, 2.24) is 5.32 Å². The molecule has 0 fully saturated rings. The third kappa shape index (κ3) is 3.51. The van der Waals surface area contributed by atoms with Gasteiger partial charge in [0.1, 0.15) is 12.4 Å². The van der Waals surface area contributed by atoms with E-state index < -0.39 is 0 Å². The van der Waals surface area contributed by atoms with E-state index in [1.54, 1.807) is 24.3 Å². The van der Waals surface area contributed by atoms with Crippen molar-refractivity contribution in [2.45, 2.75) is 0 Å². The molecule has 0 saturated carbocycles. The van der Waals surface area contributed by atoms with E-state index in [1.807, 2.05) is 18.2 Å². The molecule has 0 aliphatic carbocycles. The number of nitrogens with one attached hydrogen (secondary N) is 1. The van der Waals surface area contributed by atoms with Crippen LogP contribution in [0, 0.1) is 0 Å². The number of rotatable bonds is 5. The van der Waals surface area contributed by atoms with Gasteiger partial charge in [0.2, 0.25) is 6.79 Å². The monoisotopic (exact) mass is 363 g/mol. The van der Waals surface area contributed by atoms with Crippen molar-refractivity contribution in [3.63, 3.8) is 0 Å². The highest BCUT2D eigenvalue weighted by Crippen LogP contribution is 2.34. The molecule has 22 heavy (non-hydrogen) atoms. The molecule has 3 rings (SSSR count). The quantitative estimate of drug-likeness (QED) is 0.829. The minimum Gasteiger partial charge on any atom is -0.492 e. The molecular formula is C16H14BrNO4. The number of fused-ring (bicyclic) bond motifs is 1. The molecule has 1 amide bonds. The summed E-state index contributed by atoms with van der Waals surface area (Å²) in [4.78, 5) is 11.9. The number of halogens is 1. The molecule has 2 aromatic rings. The fourth-order valence-electron chi connectivity index (χ4n) is 2.00. The van der Waals surface area contributed by atoms with Crippen LogP contribution in [0.1, 0.15) is 10.4 Å². The molecule has 0 bridgehead atoms. The third-order valence-corrected chi connectivity index (χ3v) is 3.64. The Morgan fingerprint density at radius 2 is 1.91 bits per heavy atom. The van der Waals surface area contributed by atoms with Crippen molar-refractivity contribution in [1.29, 1.82) is 0 Å². The van der Waals surface area contributed by atoms with Crippen LogP contribution in [0.2, 0.25) is 0 Å². The second-order valence-electron chi connectivity index (χ2n) is 4.63. The molecule has 2 aromatic carbocycles. The number of carbonyl (C=O) groups is 1. The lowest BCUT2D eigenvalue weighted by Gasteiger charge is -2.08. The molecule has 1 N–H and O–H groups in total. The summed E-state index contributed by atoms with van der Waals surface area (Å²) in [5.74, 6) is 1.95. The van der Waals surface area contributed by atoms with Crippen LogP contribution in [0.4, 0.5) is 0 Å². The highest BCUT2D eigenvalue weighted by atomic mass is 79.9. The Labute approximate surface area is 136 Å². The van der Waals surface area contributed by atoms with Crippen molar-refractivity contribution in [3.8, 4) is 17.2 Å². The molecule has 1 aliphatic rings. The van der Waals surface area contributed by atoms with Gasteiger partial charge in [-0.1, -0.05) is 15.9 Å². The SMILES string of the molecule is O=C(NCCOc1ccc2c(c1)OCO2)c1ccc(Br)cc1. The van der Waals surface area contributed by atoms with Crippen molar-refractivity contribution < 1.29 is 19.0 Å². The standard InChI is InChI=1S/C16H14BrNO4/c17-12-3-1-11(2-4-12)16(19)18-7-8-20-13-5-6-14-15(9-13)22-10-21-14/h1-6,9H,7-8,10H2,(H,18,19). The van der Waals surface area contributed by atoms with Crippen LogP contribution < -0.4 is 19.5 Å². The lowest BCUT2D eigenvalue weighted by molar-refractivity contribution is 0.0947. The summed E-state index contributed by atoms with van der Waals surface area (Å²) in [6.07, 6.45) is 0. The number of amides is 1. The zero-order valence-corrected chi connectivity index (χ0v) is 13.3. The Morgan fingerprint density at radius 3 is 2.73 bits per heavy atom. The van der Waals surface area contributed by atoms with Crippen molar-refractivity contribution >= 4 is 21.8 Å². The normalized spacial score (nSPS) is 12.0. The first-order valence-electron chi connectivity index (χ1n) is 6.78. The molecule has 5 nitrogen and oxygen atoms in total. The average Bonchev–Trinajstić information content (AvgIpc) is 2.99. The Hall–Kier alpha value is -2.21. The maximum atomic E-state index is 11.9. The van der Waals surface area contributed by atoms with Gasteiger partial charge in [0.25, 0.3) is 5.91 Å². The molecule has 0 saturated heterocycles. The van der Waals surface area contributed by atoms with Gasteiger partial charge < -0.3 is 19.5 Å². The van der Waals surface area contributed by atoms with Crippen LogP contribution in [0.3, 0.4) is 0 Å². The van der Waals surface area contributed by atoms with Crippen molar-refractivity contribution in [3.05, 3.63) is 52.5 Å². The second-order valence-corrected chi connectivity index (χ2v) is 5.54. The zero-order chi connectivity index (χ0) is 15.4. The maximum absolute atomic E-state index is 11.9. The van der Waals surface area contributed by atoms with E-state index in [4.69, 9.17) is 14.2 Å². The predicted molar refractivity (Wildman–Crippen MR) is 84.5 cm³/mol. The Morgan fingerprint density at radius 1 is 1.14 bits per heavy atom. The summed E-state index contributed by atoms with van der Waals surface area (Å²) in [7, 11) is 0. The van der Waals surface area contributed by atoms with Gasteiger partial charge in [-0.3, -0.25) is 4.79 Å². The third-order valence-electron chi connectivity index (χ3n) is 3.11. The molecule has 0 spiro atoms. The first-order valence-corrected chi connectivity index (χ1v) is 7.58. The molecule has 1 heterocycles. The minimum atomic E-state index is -0.123. The first kappa shape index (κ1) is 14.7. The molecule has 0 atom stereocenters. The van der Waals surface area contributed by atoms with Gasteiger partial charge in [-0.05, 0) is 36.4 Å². The van der Waals surface area contributed by atoms with E-state index in [9.17, 15) is 4.79 Å². The lowest BCUT2D eigenvalue weighted by Crippen LogP contribution is -2.28. The van der Waals surface area contributed by atoms with Gasteiger partial charge in [-0.2, -0.15) is 0 Å². The summed E-state index contributed by atoms with van der Waals surface area (Å²) in [5.41, 5.74) is 0.617. The fourth-order valence-corrected chi connectivity index (χ4v) is 2.27. The van der Waals surface area contributed by atoms with E-state index in [0.717, 1.165) is 10.2 Å². The van der Waals surface area contributed by atoms with Crippen LogP contribution in [0.5, 0.6) is 17.2 Å². The van der Waals surface area contributed by atoms with Crippen LogP contribution in [-0.4, -0.2) is 25.9 Å². The number of hydrogen-bond acceptors (Lipinski definition) is 4. The molecule has 114 valence electrons. The number of ether oxygens (including phenoxy) is 3. The first-order chi connectivity index (χ1) is 10.7. The van der Waals surface area contributed by atoms with Crippen molar-refractivity contribution in [2.75, 3.05) is 19.9 Å². The average molecular weight is 364 g/mol. The highest BCUT2D eigenvalue weighted by Gasteiger charge is 2.13. The van der Waals surface area contributed by atoms with Gasteiger partial charge >= 0.3 is 0 Å². The summed E-state index contributed by atoms with van der Waals surface area (Å²) in [6, 6.07) is 12.6. The molecule has 0 unspecified atom stereocenters. The largest absolute Gasteiger partial charge is 0.492 e. The van der Waals surface area contributed by atoms with Crippen LogP contribution in [0.25, 0.3) is 0 Å². The highest BCUT2D eigenvalue weighted by molar-refractivity contribution is 9.10. The smallest absolute Gasteiger partial charge is 0.251 e. The minimum absolute atomic E-state index is 0.123. The predicted octanol–water partition coefficient (Wildman–Crippen LogP) is 2.99. The molecule has 1 aliphatic heterocycles. The van der Waals surface area contributed by atoms with E-state index >= 15 is 0 Å². The van der Waals surface area contributed by atoms with Gasteiger partial charge in [0.15, 0.2) is 11.5 Å². The van der Waals surface area contributed by atoms with E-state index in [2.05, 4.69) is 21.2 Å². The van der Waals surface area contributed by atoms with Gasteiger partial charge in [0, 0.05) is 16.1 Å². The summed E-state index contributed by atoms with van der Waals surface area (Å²) in [6.45, 7) is 1.04. The topological polar surface area (TPSA) is 56.8 Å². The number of benzene rings is 2. The number of hydrogen-bond donors (Lipinski definition) is 1. The summed E-state index contributed by atoms with van der Waals surface area (Å²) in [5, 5.41) is 2.81. The molecular weight excluding hydrogens is 350 g/mol. The second kappa shape index (κ2) is 6.70. The van der Waals surface area contributed by atoms with Crippen molar-refractivity contribution in [2.24, 2.45) is 0 Å². The van der Waals surface area contributed by atoms with Crippen LogP contribution in [0.15, 0.2) is 46.9 Å². The molecule has 0 aromatic heterocycles. The number of carbonyl (C=O) groups excluding carboxylic acids is 1. The Kier molecular flexibility index (Phi) is 4.48.